The van der Waals surface area contributed by atoms with E-state index in [0.717, 1.165) is 22.1 Å². The van der Waals surface area contributed by atoms with Gasteiger partial charge in [0, 0.05) is 28.9 Å². The molecule has 4 aromatic rings. The molecule has 136 valence electrons. The van der Waals surface area contributed by atoms with E-state index >= 15 is 0 Å². The molecule has 0 spiro atoms. The number of benzene rings is 1. The van der Waals surface area contributed by atoms with Gasteiger partial charge in [-0.05, 0) is 45.0 Å². The van der Waals surface area contributed by atoms with E-state index in [4.69, 9.17) is 8.94 Å². The predicted octanol–water partition coefficient (Wildman–Crippen LogP) is 3.99. The van der Waals surface area contributed by atoms with Crippen LogP contribution in [0, 0.1) is 13.8 Å². The highest BCUT2D eigenvalue weighted by Crippen LogP contribution is 2.27. The third-order valence-corrected chi connectivity index (χ3v) is 4.40. The van der Waals surface area contributed by atoms with Crippen molar-refractivity contribution in [3.05, 3.63) is 65.5 Å². The Morgan fingerprint density at radius 3 is 2.70 bits per heavy atom. The van der Waals surface area contributed by atoms with Crippen molar-refractivity contribution in [1.82, 2.24) is 20.4 Å². The highest BCUT2D eigenvalue weighted by molar-refractivity contribution is 5.99. The fourth-order valence-electron chi connectivity index (χ4n) is 2.90. The number of hydrogen-bond acceptors (Lipinski definition) is 6. The monoisotopic (exact) mass is 362 g/mol. The lowest BCUT2D eigenvalue weighted by atomic mass is 10.1. The maximum atomic E-state index is 12.7. The molecule has 0 bridgehead atoms. The summed E-state index contributed by atoms with van der Waals surface area (Å²) < 4.78 is 11.0. The lowest BCUT2D eigenvalue weighted by molar-refractivity contribution is 0.0905. The normalized spacial score (nSPS) is 12.3. The van der Waals surface area contributed by atoms with E-state index in [1.54, 1.807) is 31.5 Å². The van der Waals surface area contributed by atoms with Crippen LogP contribution in [0.25, 0.3) is 22.4 Å². The van der Waals surface area contributed by atoms with E-state index in [-0.39, 0.29) is 11.7 Å². The van der Waals surface area contributed by atoms with Crippen LogP contribution in [0.2, 0.25) is 0 Å². The second kappa shape index (κ2) is 6.68. The minimum Gasteiger partial charge on any atom is -0.451 e. The molecule has 1 N–H and O–H groups in total. The van der Waals surface area contributed by atoms with Crippen molar-refractivity contribution in [2.24, 2.45) is 0 Å². The molecule has 0 aliphatic carbocycles. The molecular formula is C20H18N4O3. The van der Waals surface area contributed by atoms with Crippen molar-refractivity contribution in [1.29, 1.82) is 0 Å². The van der Waals surface area contributed by atoms with Gasteiger partial charge in [0.05, 0.1) is 0 Å². The van der Waals surface area contributed by atoms with Crippen LogP contribution in [0.3, 0.4) is 0 Å². The fraction of sp³-hybridized carbons (Fsp3) is 0.200. The minimum absolute atomic E-state index is 0.288. The highest BCUT2D eigenvalue weighted by Gasteiger charge is 2.22. The predicted molar refractivity (Wildman–Crippen MR) is 99.1 cm³/mol. The van der Waals surface area contributed by atoms with E-state index in [2.05, 4.69) is 20.4 Å². The summed E-state index contributed by atoms with van der Waals surface area (Å²) in [4.78, 5) is 21.0. The molecule has 0 saturated carbocycles. The molecule has 7 heteroatoms. The zero-order valence-corrected chi connectivity index (χ0v) is 15.2. The van der Waals surface area contributed by atoms with E-state index < -0.39 is 6.04 Å². The van der Waals surface area contributed by atoms with Crippen molar-refractivity contribution in [2.45, 2.75) is 26.8 Å². The molecule has 0 aliphatic rings. The molecule has 7 nitrogen and oxygen atoms in total. The maximum Gasteiger partial charge on any atom is 0.287 e. The van der Waals surface area contributed by atoms with Crippen LogP contribution in [-0.4, -0.2) is 21.0 Å². The number of furan rings is 1. The number of fused-ring (bicyclic) bond motifs is 1. The van der Waals surface area contributed by atoms with Gasteiger partial charge in [-0.1, -0.05) is 16.8 Å². The largest absolute Gasteiger partial charge is 0.451 e. The standard InChI is InChI=1S/C20H18N4O3/c1-11-4-5-16-15(10-11)12(2)17(26-16)19(25)22-13(3)20-23-18(24-27-20)14-6-8-21-9-7-14/h4-10,13H,1-3H3,(H,22,25). The molecule has 1 aromatic carbocycles. The molecule has 3 heterocycles. The number of nitrogens with one attached hydrogen (secondary N) is 1. The van der Waals surface area contributed by atoms with Gasteiger partial charge >= 0.3 is 0 Å². The van der Waals surface area contributed by atoms with Gasteiger partial charge in [0.15, 0.2) is 5.76 Å². The second-order valence-electron chi connectivity index (χ2n) is 6.44. The SMILES string of the molecule is Cc1ccc2oc(C(=O)NC(C)c3nc(-c4ccncc4)no3)c(C)c2c1. The van der Waals surface area contributed by atoms with Crippen molar-refractivity contribution in [3.63, 3.8) is 0 Å². The number of hydrogen-bond donors (Lipinski definition) is 1. The quantitative estimate of drug-likeness (QED) is 0.590. The Balaban J connectivity index is 1.55. The average Bonchev–Trinajstić information content (AvgIpc) is 3.28. The second-order valence-corrected chi connectivity index (χ2v) is 6.44. The summed E-state index contributed by atoms with van der Waals surface area (Å²) in [7, 11) is 0. The molecule has 0 aliphatic heterocycles. The number of aryl methyl sites for hydroxylation is 2. The third kappa shape index (κ3) is 3.19. The molecule has 4 rings (SSSR count). The highest BCUT2D eigenvalue weighted by atomic mass is 16.5. The Morgan fingerprint density at radius 2 is 1.93 bits per heavy atom. The smallest absolute Gasteiger partial charge is 0.287 e. The summed E-state index contributed by atoms with van der Waals surface area (Å²) in [5, 5.41) is 7.75. The van der Waals surface area contributed by atoms with Crippen molar-refractivity contribution in [3.8, 4) is 11.4 Å². The Bertz CT molecular complexity index is 1110. The van der Waals surface area contributed by atoms with Gasteiger partial charge < -0.3 is 14.3 Å². The van der Waals surface area contributed by atoms with Crippen LogP contribution in [0.5, 0.6) is 0 Å². The number of aromatic nitrogens is 3. The van der Waals surface area contributed by atoms with Gasteiger partial charge in [0.1, 0.15) is 11.6 Å². The topological polar surface area (TPSA) is 94.1 Å². The number of amides is 1. The average molecular weight is 362 g/mol. The molecule has 27 heavy (non-hydrogen) atoms. The molecule has 1 unspecified atom stereocenters. The lowest BCUT2D eigenvalue weighted by Crippen LogP contribution is -2.27. The summed E-state index contributed by atoms with van der Waals surface area (Å²) in [6.45, 7) is 5.66. The maximum absolute atomic E-state index is 12.7. The molecule has 1 atom stereocenters. The molecule has 0 radical (unpaired) electrons. The molecular weight excluding hydrogens is 344 g/mol. The molecule has 3 aromatic heterocycles. The third-order valence-electron chi connectivity index (χ3n) is 4.40. The van der Waals surface area contributed by atoms with Crippen LogP contribution in [-0.2, 0) is 0 Å². The van der Waals surface area contributed by atoms with Crippen LogP contribution >= 0.6 is 0 Å². The first-order chi connectivity index (χ1) is 13.0. The summed E-state index contributed by atoms with van der Waals surface area (Å²) in [5.41, 5.74) is 3.40. The van der Waals surface area contributed by atoms with Crippen molar-refractivity contribution < 1.29 is 13.7 Å². The molecule has 0 fully saturated rings. The van der Waals surface area contributed by atoms with Gasteiger partial charge in [0.25, 0.3) is 5.91 Å². The van der Waals surface area contributed by atoms with E-state index in [9.17, 15) is 4.79 Å². The fourth-order valence-corrected chi connectivity index (χ4v) is 2.90. The number of carbonyl (C=O) groups excluding carboxylic acids is 1. The molecule has 1 amide bonds. The minimum atomic E-state index is -0.463. The summed E-state index contributed by atoms with van der Waals surface area (Å²) in [6.07, 6.45) is 3.31. The van der Waals surface area contributed by atoms with Crippen molar-refractivity contribution >= 4 is 16.9 Å². The van der Waals surface area contributed by atoms with Gasteiger partial charge in [0.2, 0.25) is 11.7 Å². The van der Waals surface area contributed by atoms with E-state index in [0.29, 0.717) is 17.3 Å². The summed E-state index contributed by atoms with van der Waals surface area (Å²) >= 11 is 0. The Kier molecular flexibility index (Phi) is 4.19. The Labute approximate surface area is 155 Å². The van der Waals surface area contributed by atoms with E-state index in [1.165, 1.54) is 0 Å². The van der Waals surface area contributed by atoms with Gasteiger partial charge in [-0.15, -0.1) is 0 Å². The van der Waals surface area contributed by atoms with Crippen molar-refractivity contribution in [2.75, 3.05) is 0 Å². The zero-order chi connectivity index (χ0) is 19.0. The Hall–Kier alpha value is -3.48. The summed E-state index contributed by atoms with van der Waals surface area (Å²) in [5.74, 6) is 0.734. The first-order valence-corrected chi connectivity index (χ1v) is 8.57. The lowest BCUT2D eigenvalue weighted by Gasteiger charge is -2.08. The van der Waals surface area contributed by atoms with Crippen LogP contribution in [0.1, 0.15) is 40.5 Å². The van der Waals surface area contributed by atoms with Gasteiger partial charge in [-0.3, -0.25) is 9.78 Å². The first-order valence-electron chi connectivity index (χ1n) is 8.57. The number of pyridine rings is 1. The molecule has 0 saturated heterocycles. The van der Waals surface area contributed by atoms with Crippen LogP contribution in [0.15, 0.2) is 51.7 Å². The number of nitrogens with zero attached hydrogens (tertiary/aromatic N) is 3. The van der Waals surface area contributed by atoms with Gasteiger partial charge in [-0.25, -0.2) is 0 Å². The Morgan fingerprint density at radius 1 is 1.15 bits per heavy atom. The number of carbonyl (C=O) groups is 1. The van der Waals surface area contributed by atoms with Crippen LogP contribution in [0.4, 0.5) is 0 Å². The van der Waals surface area contributed by atoms with E-state index in [1.807, 2.05) is 32.0 Å². The zero-order valence-electron chi connectivity index (χ0n) is 15.2. The van der Waals surface area contributed by atoms with Crippen LogP contribution < -0.4 is 5.32 Å². The first kappa shape index (κ1) is 17.0. The van der Waals surface area contributed by atoms with Gasteiger partial charge in [-0.2, -0.15) is 4.98 Å². The summed E-state index contributed by atoms with van der Waals surface area (Å²) in [6, 6.07) is 8.95. The number of rotatable bonds is 4.